The molecule has 0 saturated carbocycles. The third kappa shape index (κ3) is 2.53. The fraction of sp³-hybridized carbons (Fsp3) is 0.438. The molecule has 0 spiro atoms. The summed E-state index contributed by atoms with van der Waals surface area (Å²) < 4.78 is 2.04. The zero-order valence-corrected chi connectivity index (χ0v) is 13.5. The minimum Gasteiger partial charge on any atom is -0.289 e. The Morgan fingerprint density at radius 1 is 1.32 bits per heavy atom. The zero-order chi connectivity index (χ0) is 14.9. The van der Waals surface area contributed by atoms with Gasteiger partial charge in [-0.05, 0) is 32.4 Å². The number of hydrogen-bond donors (Lipinski definition) is 0. The van der Waals surface area contributed by atoms with Crippen LogP contribution in [0.2, 0.25) is 0 Å². The number of rotatable bonds is 3. The summed E-state index contributed by atoms with van der Waals surface area (Å²) in [6.07, 6.45) is 7.46. The first-order chi connectivity index (χ1) is 10.8. The number of fused-ring (bicyclic) bond motifs is 1. The van der Waals surface area contributed by atoms with Crippen molar-refractivity contribution in [3.8, 4) is 0 Å². The highest BCUT2D eigenvalue weighted by Gasteiger charge is 2.26. The predicted molar refractivity (Wildman–Crippen MR) is 86.8 cm³/mol. The summed E-state index contributed by atoms with van der Waals surface area (Å²) in [5.74, 6) is 0.800. The quantitative estimate of drug-likeness (QED) is 0.745. The van der Waals surface area contributed by atoms with Gasteiger partial charge in [-0.3, -0.25) is 9.30 Å². The van der Waals surface area contributed by atoms with Crippen molar-refractivity contribution in [3.05, 3.63) is 46.4 Å². The number of piperidine rings is 1. The topological polar surface area (TPSA) is 46.3 Å². The van der Waals surface area contributed by atoms with E-state index in [0.29, 0.717) is 6.04 Å². The Labute approximate surface area is 133 Å². The van der Waals surface area contributed by atoms with E-state index in [1.54, 1.807) is 11.3 Å². The van der Waals surface area contributed by atoms with Gasteiger partial charge >= 0.3 is 0 Å². The van der Waals surface area contributed by atoms with Crippen molar-refractivity contribution in [2.75, 3.05) is 6.54 Å². The summed E-state index contributed by atoms with van der Waals surface area (Å²) in [5.41, 5.74) is 5.41. The van der Waals surface area contributed by atoms with Crippen molar-refractivity contribution in [1.82, 2.24) is 24.3 Å². The molecule has 0 N–H and O–H groups in total. The van der Waals surface area contributed by atoms with Crippen molar-refractivity contribution in [1.29, 1.82) is 0 Å². The van der Waals surface area contributed by atoms with Gasteiger partial charge in [0.15, 0.2) is 0 Å². The third-order valence-corrected chi connectivity index (χ3v) is 5.03. The van der Waals surface area contributed by atoms with Crippen LogP contribution in [0.1, 0.15) is 42.4 Å². The zero-order valence-electron chi connectivity index (χ0n) is 12.6. The number of hydrogen-bond acceptors (Lipinski definition) is 5. The number of imidazole rings is 1. The maximum atomic E-state index is 4.79. The second-order valence-electron chi connectivity index (χ2n) is 5.88. The lowest BCUT2D eigenvalue weighted by Gasteiger charge is -2.35. The summed E-state index contributed by atoms with van der Waals surface area (Å²) in [6, 6.07) is 2.58. The molecule has 1 aliphatic heterocycles. The number of nitrogens with zero attached hydrogens (tertiary/aromatic N) is 5. The Morgan fingerprint density at radius 2 is 2.27 bits per heavy atom. The molecule has 0 aliphatic carbocycles. The van der Waals surface area contributed by atoms with E-state index < -0.39 is 0 Å². The van der Waals surface area contributed by atoms with E-state index in [0.717, 1.165) is 36.7 Å². The van der Waals surface area contributed by atoms with E-state index >= 15 is 0 Å². The SMILES string of the molecule is Cc1cc([C@H]2CCCCN2Cc2cscn2)nc2nccn12. The van der Waals surface area contributed by atoms with Crippen LogP contribution >= 0.6 is 11.3 Å². The maximum absolute atomic E-state index is 4.79. The van der Waals surface area contributed by atoms with Gasteiger partial charge in [0.2, 0.25) is 5.78 Å². The predicted octanol–water partition coefficient (Wildman–Crippen LogP) is 3.22. The van der Waals surface area contributed by atoms with Gasteiger partial charge in [0, 0.05) is 30.0 Å². The first-order valence-electron chi connectivity index (χ1n) is 7.73. The molecular formula is C16H19N5S. The van der Waals surface area contributed by atoms with Crippen molar-refractivity contribution in [2.45, 2.75) is 38.8 Å². The number of aryl methyl sites for hydroxylation is 1. The molecule has 0 radical (unpaired) electrons. The fourth-order valence-electron chi connectivity index (χ4n) is 3.29. The first-order valence-corrected chi connectivity index (χ1v) is 8.67. The largest absolute Gasteiger partial charge is 0.289 e. The highest BCUT2D eigenvalue weighted by Crippen LogP contribution is 2.31. The standard InChI is InChI=1S/C16H19N5S/c1-12-8-14(19-16-17-5-7-21(12)16)15-4-2-3-6-20(15)9-13-10-22-11-18-13/h5,7-8,10-11,15H,2-4,6,9H2,1H3/t15-/m1/s1. The monoisotopic (exact) mass is 313 g/mol. The molecule has 5 nitrogen and oxygen atoms in total. The molecule has 4 rings (SSSR count). The molecular weight excluding hydrogens is 294 g/mol. The van der Waals surface area contributed by atoms with Crippen molar-refractivity contribution in [3.63, 3.8) is 0 Å². The number of likely N-dealkylation sites (tertiary alicyclic amines) is 1. The minimum absolute atomic E-state index is 0.371. The molecule has 0 aromatic carbocycles. The van der Waals surface area contributed by atoms with E-state index in [1.165, 1.54) is 18.5 Å². The van der Waals surface area contributed by atoms with Crippen LogP contribution in [0.25, 0.3) is 5.78 Å². The average Bonchev–Trinajstić information content (AvgIpc) is 3.19. The second-order valence-corrected chi connectivity index (χ2v) is 6.60. The highest BCUT2D eigenvalue weighted by molar-refractivity contribution is 7.07. The van der Waals surface area contributed by atoms with E-state index in [-0.39, 0.29) is 0 Å². The lowest BCUT2D eigenvalue weighted by Crippen LogP contribution is -2.33. The smallest absolute Gasteiger partial charge is 0.234 e. The second kappa shape index (κ2) is 5.78. The third-order valence-electron chi connectivity index (χ3n) is 4.39. The van der Waals surface area contributed by atoms with Crippen molar-refractivity contribution < 1.29 is 0 Å². The van der Waals surface area contributed by atoms with Crippen LogP contribution in [0.3, 0.4) is 0 Å². The first kappa shape index (κ1) is 13.8. The van der Waals surface area contributed by atoms with Crippen LogP contribution < -0.4 is 0 Å². The minimum atomic E-state index is 0.371. The van der Waals surface area contributed by atoms with Gasteiger partial charge in [0.25, 0.3) is 0 Å². The van der Waals surface area contributed by atoms with Crippen LogP contribution in [-0.2, 0) is 6.54 Å². The van der Waals surface area contributed by atoms with Crippen molar-refractivity contribution in [2.24, 2.45) is 0 Å². The van der Waals surface area contributed by atoms with Crippen LogP contribution in [-0.4, -0.2) is 30.8 Å². The molecule has 0 unspecified atom stereocenters. The molecule has 3 aromatic heterocycles. The highest BCUT2D eigenvalue weighted by atomic mass is 32.1. The molecule has 114 valence electrons. The Bertz CT molecular complexity index is 764. The van der Waals surface area contributed by atoms with E-state index in [1.807, 2.05) is 22.3 Å². The Balaban J connectivity index is 1.67. The normalized spacial score (nSPS) is 19.8. The van der Waals surface area contributed by atoms with Crippen LogP contribution in [0, 0.1) is 6.92 Å². The molecule has 22 heavy (non-hydrogen) atoms. The number of thiazole rings is 1. The Hall–Kier alpha value is -1.79. The van der Waals surface area contributed by atoms with Gasteiger partial charge in [-0.2, -0.15) is 0 Å². The summed E-state index contributed by atoms with van der Waals surface area (Å²) >= 11 is 1.66. The molecule has 6 heteroatoms. The molecule has 3 aromatic rings. The molecule has 1 aliphatic rings. The van der Waals surface area contributed by atoms with Crippen LogP contribution in [0.15, 0.2) is 29.4 Å². The van der Waals surface area contributed by atoms with Gasteiger partial charge in [0.1, 0.15) is 0 Å². The van der Waals surface area contributed by atoms with Gasteiger partial charge in [-0.25, -0.2) is 15.0 Å². The van der Waals surface area contributed by atoms with Crippen LogP contribution in [0.4, 0.5) is 0 Å². The van der Waals surface area contributed by atoms with Gasteiger partial charge in [0.05, 0.1) is 22.9 Å². The molecule has 1 fully saturated rings. The van der Waals surface area contributed by atoms with E-state index in [2.05, 4.69) is 33.2 Å². The summed E-state index contributed by atoms with van der Waals surface area (Å²) in [5, 5.41) is 2.14. The molecule has 1 atom stereocenters. The van der Waals surface area contributed by atoms with E-state index in [9.17, 15) is 0 Å². The van der Waals surface area contributed by atoms with Gasteiger partial charge in [-0.15, -0.1) is 11.3 Å². The van der Waals surface area contributed by atoms with Crippen LogP contribution in [0.5, 0.6) is 0 Å². The maximum Gasteiger partial charge on any atom is 0.234 e. The Kier molecular flexibility index (Phi) is 3.63. The van der Waals surface area contributed by atoms with Crippen molar-refractivity contribution >= 4 is 17.1 Å². The summed E-state index contributed by atoms with van der Waals surface area (Å²) in [4.78, 5) is 16.1. The fourth-order valence-corrected chi connectivity index (χ4v) is 3.84. The Morgan fingerprint density at radius 3 is 3.14 bits per heavy atom. The van der Waals surface area contributed by atoms with Gasteiger partial charge in [-0.1, -0.05) is 6.42 Å². The lowest BCUT2D eigenvalue weighted by atomic mass is 9.98. The molecule has 0 bridgehead atoms. The number of aromatic nitrogens is 4. The molecule has 0 amide bonds. The molecule has 4 heterocycles. The van der Waals surface area contributed by atoms with E-state index in [4.69, 9.17) is 4.98 Å². The van der Waals surface area contributed by atoms with Gasteiger partial charge < -0.3 is 0 Å². The summed E-state index contributed by atoms with van der Waals surface area (Å²) in [7, 11) is 0. The summed E-state index contributed by atoms with van der Waals surface area (Å²) in [6.45, 7) is 4.14. The average molecular weight is 313 g/mol. The molecule has 1 saturated heterocycles. The lowest BCUT2D eigenvalue weighted by molar-refractivity contribution is 0.136.